The topological polar surface area (TPSA) is 76.7 Å². The smallest absolute Gasteiger partial charge is 0.344 e. The van der Waals surface area contributed by atoms with E-state index in [0.717, 1.165) is 0 Å². The fourth-order valence-electron chi connectivity index (χ4n) is 2.02. The number of urea groups is 1. The van der Waals surface area contributed by atoms with Gasteiger partial charge in [0.1, 0.15) is 11.4 Å². The Hall–Kier alpha value is -2.44. The van der Waals surface area contributed by atoms with E-state index < -0.39 is 17.6 Å². The van der Waals surface area contributed by atoms with E-state index in [-0.39, 0.29) is 6.61 Å². The Kier molecular flexibility index (Phi) is 6.93. The molecule has 0 fully saturated rings. The van der Waals surface area contributed by atoms with Crippen molar-refractivity contribution in [3.63, 3.8) is 0 Å². The summed E-state index contributed by atoms with van der Waals surface area (Å²) < 4.78 is 10.5. The van der Waals surface area contributed by atoms with Crippen LogP contribution >= 0.6 is 23.2 Å². The van der Waals surface area contributed by atoms with Crippen molar-refractivity contribution in [1.29, 1.82) is 0 Å². The highest BCUT2D eigenvalue weighted by atomic mass is 35.5. The fourth-order valence-corrected chi connectivity index (χ4v) is 2.48. The van der Waals surface area contributed by atoms with Crippen molar-refractivity contribution in [1.82, 2.24) is 0 Å². The molecule has 2 aromatic rings. The molecule has 0 aliphatic rings. The number of halogens is 2. The van der Waals surface area contributed by atoms with Crippen LogP contribution in [0.25, 0.3) is 0 Å². The molecular formula is C19H20Cl2N2O4. The molecule has 0 radical (unpaired) electrons. The second-order valence-corrected chi connectivity index (χ2v) is 7.45. The van der Waals surface area contributed by atoms with Crippen LogP contribution in [0.2, 0.25) is 10.0 Å². The van der Waals surface area contributed by atoms with E-state index >= 15 is 0 Å². The SMILES string of the molecule is CC(C)(C)OC(=O)COc1ccc(NC(=O)Nc2ccc(Cl)cc2Cl)cc1. The molecule has 0 saturated heterocycles. The molecule has 6 nitrogen and oxygen atoms in total. The lowest BCUT2D eigenvalue weighted by atomic mass is 10.2. The van der Waals surface area contributed by atoms with Crippen LogP contribution in [0.3, 0.4) is 0 Å². The van der Waals surface area contributed by atoms with E-state index in [1.807, 2.05) is 0 Å². The van der Waals surface area contributed by atoms with E-state index in [1.165, 1.54) is 6.07 Å². The summed E-state index contributed by atoms with van der Waals surface area (Å²) in [6.45, 7) is 5.16. The monoisotopic (exact) mass is 410 g/mol. The summed E-state index contributed by atoms with van der Waals surface area (Å²) >= 11 is 11.8. The van der Waals surface area contributed by atoms with E-state index in [0.29, 0.717) is 27.2 Å². The zero-order valence-electron chi connectivity index (χ0n) is 15.1. The van der Waals surface area contributed by atoms with E-state index in [1.54, 1.807) is 57.2 Å². The molecule has 2 N–H and O–H groups in total. The maximum absolute atomic E-state index is 12.0. The van der Waals surface area contributed by atoms with Gasteiger partial charge >= 0.3 is 12.0 Å². The minimum atomic E-state index is -0.561. The number of carbonyl (C=O) groups is 2. The Morgan fingerprint density at radius 3 is 2.26 bits per heavy atom. The van der Waals surface area contributed by atoms with Crippen LogP contribution < -0.4 is 15.4 Å². The number of esters is 1. The summed E-state index contributed by atoms with van der Waals surface area (Å²) in [6, 6.07) is 10.9. The van der Waals surface area contributed by atoms with Crippen LogP contribution in [0.1, 0.15) is 20.8 Å². The molecule has 0 aromatic heterocycles. The van der Waals surface area contributed by atoms with Crippen LogP contribution in [0.15, 0.2) is 42.5 Å². The average molecular weight is 411 g/mol. The van der Waals surface area contributed by atoms with Gasteiger partial charge in [0.15, 0.2) is 6.61 Å². The van der Waals surface area contributed by atoms with Crippen LogP contribution in [0.4, 0.5) is 16.2 Å². The molecule has 144 valence electrons. The van der Waals surface area contributed by atoms with Gasteiger partial charge in [0.2, 0.25) is 0 Å². The van der Waals surface area contributed by atoms with Crippen molar-refractivity contribution in [2.24, 2.45) is 0 Å². The predicted octanol–water partition coefficient (Wildman–Crippen LogP) is 5.36. The summed E-state index contributed by atoms with van der Waals surface area (Å²) in [5.74, 6) is 0.0245. The predicted molar refractivity (Wildman–Crippen MR) is 107 cm³/mol. The minimum absolute atomic E-state index is 0.195. The highest BCUT2D eigenvalue weighted by Gasteiger charge is 2.16. The maximum Gasteiger partial charge on any atom is 0.344 e. The van der Waals surface area contributed by atoms with Gasteiger partial charge in [0, 0.05) is 10.7 Å². The molecule has 2 rings (SSSR count). The van der Waals surface area contributed by atoms with Crippen LogP contribution in [-0.4, -0.2) is 24.2 Å². The van der Waals surface area contributed by atoms with Gasteiger partial charge in [-0.2, -0.15) is 0 Å². The number of ether oxygens (including phenoxy) is 2. The van der Waals surface area contributed by atoms with E-state index in [2.05, 4.69) is 10.6 Å². The molecular weight excluding hydrogens is 391 g/mol. The molecule has 0 unspecified atom stereocenters. The standard InChI is InChI=1S/C19H20Cl2N2O4/c1-19(2,3)27-17(24)11-26-14-7-5-13(6-8-14)22-18(25)23-16-9-4-12(20)10-15(16)21/h4-10H,11H2,1-3H3,(H2,22,23,25). The summed E-state index contributed by atoms with van der Waals surface area (Å²) in [6.07, 6.45) is 0. The van der Waals surface area contributed by atoms with Gasteiger partial charge < -0.3 is 20.1 Å². The lowest BCUT2D eigenvalue weighted by molar-refractivity contribution is -0.157. The van der Waals surface area contributed by atoms with Crippen LogP contribution in [-0.2, 0) is 9.53 Å². The van der Waals surface area contributed by atoms with Gasteiger partial charge in [-0.3, -0.25) is 0 Å². The Bertz CT molecular complexity index is 817. The molecule has 0 bridgehead atoms. The molecule has 8 heteroatoms. The van der Waals surface area contributed by atoms with E-state index in [9.17, 15) is 9.59 Å². The van der Waals surface area contributed by atoms with Crippen LogP contribution in [0.5, 0.6) is 5.75 Å². The summed E-state index contributed by atoms with van der Waals surface area (Å²) in [7, 11) is 0. The molecule has 0 spiro atoms. The van der Waals surface area contributed by atoms with Crippen molar-refractivity contribution in [2.45, 2.75) is 26.4 Å². The van der Waals surface area contributed by atoms with Crippen molar-refractivity contribution in [2.75, 3.05) is 17.2 Å². The van der Waals surface area contributed by atoms with Gasteiger partial charge in [-0.15, -0.1) is 0 Å². The van der Waals surface area contributed by atoms with Gasteiger partial charge in [0.25, 0.3) is 0 Å². The minimum Gasteiger partial charge on any atom is -0.482 e. The number of rotatable bonds is 5. The number of hydrogen-bond acceptors (Lipinski definition) is 4. The molecule has 27 heavy (non-hydrogen) atoms. The summed E-state index contributed by atoms with van der Waals surface area (Å²) in [5.41, 5.74) is 0.423. The Morgan fingerprint density at radius 1 is 1.00 bits per heavy atom. The molecule has 0 heterocycles. The summed E-state index contributed by atoms with van der Waals surface area (Å²) in [5, 5.41) is 6.11. The number of anilines is 2. The number of hydrogen-bond donors (Lipinski definition) is 2. The zero-order valence-corrected chi connectivity index (χ0v) is 16.6. The largest absolute Gasteiger partial charge is 0.482 e. The van der Waals surface area contributed by atoms with Crippen molar-refractivity contribution >= 4 is 46.6 Å². The number of carbonyl (C=O) groups excluding carboxylic acids is 2. The average Bonchev–Trinajstić information content (AvgIpc) is 2.55. The van der Waals surface area contributed by atoms with Gasteiger partial charge in [-0.1, -0.05) is 23.2 Å². The van der Waals surface area contributed by atoms with Gasteiger partial charge in [-0.25, -0.2) is 9.59 Å². The third-order valence-corrected chi connectivity index (χ3v) is 3.62. The normalized spacial score (nSPS) is 10.9. The molecule has 0 atom stereocenters. The lowest BCUT2D eigenvalue weighted by Gasteiger charge is -2.19. The second kappa shape index (κ2) is 8.97. The second-order valence-electron chi connectivity index (χ2n) is 6.60. The van der Waals surface area contributed by atoms with Gasteiger partial charge in [-0.05, 0) is 63.2 Å². The molecule has 2 amide bonds. The van der Waals surface area contributed by atoms with Crippen molar-refractivity contribution in [3.05, 3.63) is 52.5 Å². The van der Waals surface area contributed by atoms with Gasteiger partial charge in [0.05, 0.1) is 10.7 Å². The van der Waals surface area contributed by atoms with Crippen LogP contribution in [0, 0.1) is 0 Å². The Labute approximate surface area is 167 Å². The first-order chi connectivity index (χ1) is 12.6. The van der Waals surface area contributed by atoms with Crippen molar-refractivity contribution in [3.8, 4) is 5.75 Å². The first-order valence-electron chi connectivity index (χ1n) is 8.10. The highest BCUT2D eigenvalue weighted by Crippen LogP contribution is 2.25. The molecule has 2 aromatic carbocycles. The Balaban J connectivity index is 1.86. The molecule has 0 aliphatic heterocycles. The third-order valence-electron chi connectivity index (χ3n) is 3.07. The number of nitrogens with one attached hydrogen (secondary N) is 2. The van der Waals surface area contributed by atoms with Crippen molar-refractivity contribution < 1.29 is 19.1 Å². The molecule has 0 saturated carbocycles. The number of amides is 2. The van der Waals surface area contributed by atoms with E-state index in [4.69, 9.17) is 32.7 Å². The summed E-state index contributed by atoms with van der Waals surface area (Å²) in [4.78, 5) is 23.7. The fraction of sp³-hybridized carbons (Fsp3) is 0.263. The number of benzene rings is 2. The lowest BCUT2D eigenvalue weighted by Crippen LogP contribution is -2.27. The first kappa shape index (κ1) is 20.9. The molecule has 0 aliphatic carbocycles. The first-order valence-corrected chi connectivity index (χ1v) is 8.86. The quantitative estimate of drug-likeness (QED) is 0.650. The zero-order chi connectivity index (χ0) is 20.0. The Morgan fingerprint density at radius 2 is 1.67 bits per heavy atom. The highest BCUT2D eigenvalue weighted by molar-refractivity contribution is 6.36. The maximum atomic E-state index is 12.0. The third kappa shape index (κ3) is 7.37.